The van der Waals surface area contributed by atoms with Crippen LogP contribution in [0.25, 0.3) is 16.5 Å². The first-order chi connectivity index (χ1) is 14.9. The third-order valence-electron chi connectivity index (χ3n) is 5.84. The number of piperazine rings is 1. The van der Waals surface area contributed by atoms with E-state index in [1.807, 2.05) is 36.1 Å². The minimum absolute atomic E-state index is 0.0309. The predicted molar refractivity (Wildman–Crippen MR) is 121 cm³/mol. The molecule has 1 aliphatic heterocycles. The number of hydrogen-bond acceptors (Lipinski definition) is 4. The van der Waals surface area contributed by atoms with Crippen LogP contribution in [-0.2, 0) is 11.3 Å². The van der Waals surface area contributed by atoms with Gasteiger partial charge in [0.1, 0.15) is 5.58 Å². The van der Waals surface area contributed by atoms with E-state index in [-0.39, 0.29) is 11.7 Å². The van der Waals surface area contributed by atoms with Crippen molar-refractivity contribution < 1.29 is 19.7 Å². The van der Waals surface area contributed by atoms with E-state index in [4.69, 9.17) is 4.42 Å². The van der Waals surface area contributed by atoms with Crippen LogP contribution in [0.4, 0.5) is 5.69 Å². The summed E-state index contributed by atoms with van der Waals surface area (Å²) in [4.78, 5) is 28.8. The number of carbonyl (C=O) groups excluding carboxylic acids is 2. The number of benzene rings is 2. The standard InChI is InChI=1S/C25H27N3O3/c1-17(20-8-9-22-21(15-20)24(26)25(31-22)18(2)29)14-23(30)28-12-10-27(11-13-28)16-19-6-4-3-5-7-19/h3-9,14-15H,10-13,16,26H2,1-2H3/p+1/b17-14+. The fourth-order valence-corrected chi connectivity index (χ4v) is 4.01. The van der Waals surface area contributed by atoms with E-state index in [1.165, 1.54) is 12.5 Å². The Kier molecular flexibility index (Phi) is 6.02. The molecule has 1 aromatic heterocycles. The van der Waals surface area contributed by atoms with Crippen LogP contribution in [0.5, 0.6) is 0 Å². The minimum Gasteiger partial charge on any atom is -0.446 e. The molecule has 0 atom stereocenters. The maximum Gasteiger partial charge on any atom is 0.246 e. The second-order valence-corrected chi connectivity index (χ2v) is 8.09. The molecule has 2 aromatic carbocycles. The van der Waals surface area contributed by atoms with Crippen LogP contribution < -0.4 is 5.73 Å². The SMILES string of the molecule is CC(=O)c1oc2ccc(/C(C)=C/C(=O)N3CCN(Cc4ccccc4)CC3)cc2c1[NH3+]. The lowest BCUT2D eigenvalue weighted by Crippen LogP contribution is -2.47. The molecule has 1 saturated heterocycles. The van der Waals surface area contributed by atoms with Crippen molar-refractivity contribution in [3.63, 3.8) is 0 Å². The molecule has 1 amide bonds. The van der Waals surface area contributed by atoms with Gasteiger partial charge in [-0.15, -0.1) is 0 Å². The molecule has 1 fully saturated rings. The summed E-state index contributed by atoms with van der Waals surface area (Å²) in [5, 5.41) is 0.803. The molecular formula is C25H28N3O3+. The van der Waals surface area contributed by atoms with Gasteiger partial charge < -0.3 is 15.1 Å². The summed E-state index contributed by atoms with van der Waals surface area (Å²) in [6.07, 6.45) is 1.70. The summed E-state index contributed by atoms with van der Waals surface area (Å²) < 4.78 is 5.61. The van der Waals surface area contributed by atoms with Crippen molar-refractivity contribution in [2.24, 2.45) is 0 Å². The Morgan fingerprint density at radius 2 is 1.74 bits per heavy atom. The fraction of sp³-hybridized carbons (Fsp3) is 0.280. The maximum absolute atomic E-state index is 12.8. The first kappa shape index (κ1) is 21.0. The number of furan rings is 1. The van der Waals surface area contributed by atoms with E-state index in [0.29, 0.717) is 17.0 Å². The number of ketones is 1. The van der Waals surface area contributed by atoms with E-state index >= 15 is 0 Å². The number of carbonyl (C=O) groups is 2. The summed E-state index contributed by atoms with van der Waals surface area (Å²) in [5.41, 5.74) is 8.31. The number of allylic oxidation sites excluding steroid dienone is 1. The van der Waals surface area contributed by atoms with Crippen LogP contribution in [0, 0.1) is 0 Å². The molecule has 0 unspecified atom stereocenters. The van der Waals surface area contributed by atoms with Gasteiger partial charge in [-0.3, -0.25) is 14.5 Å². The highest BCUT2D eigenvalue weighted by Crippen LogP contribution is 2.30. The van der Waals surface area contributed by atoms with Crippen LogP contribution in [0.15, 0.2) is 59.0 Å². The first-order valence-electron chi connectivity index (χ1n) is 10.6. The third-order valence-corrected chi connectivity index (χ3v) is 5.84. The Bertz CT molecular complexity index is 1140. The van der Waals surface area contributed by atoms with Crippen molar-refractivity contribution in [1.82, 2.24) is 9.80 Å². The van der Waals surface area contributed by atoms with Gasteiger partial charge in [0, 0.05) is 45.7 Å². The normalized spacial score (nSPS) is 15.5. The number of Topliss-reactive ketones (excluding diaryl/α,β-unsaturated/α-hetero) is 1. The number of nitrogens with zero attached hydrogens (tertiary/aromatic N) is 2. The molecule has 3 aromatic rings. The highest BCUT2D eigenvalue weighted by atomic mass is 16.3. The van der Waals surface area contributed by atoms with Crippen molar-refractivity contribution in [1.29, 1.82) is 0 Å². The Hall–Kier alpha value is -3.22. The molecule has 6 heteroatoms. The van der Waals surface area contributed by atoms with Gasteiger partial charge in [0.2, 0.25) is 17.5 Å². The number of fused-ring (bicyclic) bond motifs is 1. The monoisotopic (exact) mass is 418 g/mol. The van der Waals surface area contributed by atoms with Gasteiger partial charge in [-0.1, -0.05) is 36.4 Å². The van der Waals surface area contributed by atoms with Crippen LogP contribution >= 0.6 is 0 Å². The zero-order chi connectivity index (χ0) is 22.0. The van der Waals surface area contributed by atoms with E-state index in [0.717, 1.165) is 49.2 Å². The third kappa shape index (κ3) is 4.60. The fourth-order valence-electron chi connectivity index (χ4n) is 4.01. The molecule has 0 spiro atoms. The molecule has 6 nitrogen and oxygen atoms in total. The Labute approximate surface area is 181 Å². The summed E-state index contributed by atoms with van der Waals surface area (Å²) in [6.45, 7) is 7.50. The predicted octanol–water partition coefficient (Wildman–Crippen LogP) is 3.26. The molecule has 3 N–H and O–H groups in total. The zero-order valence-corrected chi connectivity index (χ0v) is 18.1. The van der Waals surface area contributed by atoms with E-state index in [1.54, 1.807) is 6.08 Å². The van der Waals surface area contributed by atoms with Crippen LogP contribution in [-0.4, -0.2) is 47.7 Å². The number of hydrogen-bond donors (Lipinski definition) is 1. The number of quaternary nitrogens is 1. The van der Waals surface area contributed by atoms with E-state index < -0.39 is 0 Å². The van der Waals surface area contributed by atoms with Gasteiger partial charge in [-0.05, 0) is 35.8 Å². The van der Waals surface area contributed by atoms with Gasteiger partial charge in [-0.25, -0.2) is 0 Å². The lowest BCUT2D eigenvalue weighted by Gasteiger charge is -2.34. The number of amides is 1. The van der Waals surface area contributed by atoms with Gasteiger partial charge in [0.15, 0.2) is 5.69 Å². The Morgan fingerprint density at radius 3 is 2.42 bits per heavy atom. The summed E-state index contributed by atoms with van der Waals surface area (Å²) in [7, 11) is 0. The van der Waals surface area contributed by atoms with Crippen molar-refractivity contribution in [2.75, 3.05) is 26.2 Å². The summed E-state index contributed by atoms with van der Waals surface area (Å²) in [6, 6.07) is 16.1. The molecule has 0 aliphatic carbocycles. The lowest BCUT2D eigenvalue weighted by molar-refractivity contribution is -0.253. The first-order valence-corrected chi connectivity index (χ1v) is 10.6. The topological polar surface area (TPSA) is 81.4 Å². The average Bonchev–Trinajstić information content (AvgIpc) is 3.11. The van der Waals surface area contributed by atoms with Gasteiger partial charge >= 0.3 is 0 Å². The molecule has 0 bridgehead atoms. The average molecular weight is 419 g/mol. The molecule has 31 heavy (non-hydrogen) atoms. The van der Waals surface area contributed by atoms with Crippen molar-refractivity contribution in [2.45, 2.75) is 20.4 Å². The maximum atomic E-state index is 12.8. The minimum atomic E-state index is -0.142. The molecule has 1 aliphatic rings. The van der Waals surface area contributed by atoms with Crippen molar-refractivity contribution >= 4 is 33.9 Å². The summed E-state index contributed by atoms with van der Waals surface area (Å²) >= 11 is 0. The van der Waals surface area contributed by atoms with Crippen molar-refractivity contribution in [3.8, 4) is 0 Å². The largest absolute Gasteiger partial charge is 0.446 e. The Morgan fingerprint density at radius 1 is 1.03 bits per heavy atom. The lowest BCUT2D eigenvalue weighted by atomic mass is 10.0. The molecule has 0 saturated carbocycles. The van der Waals surface area contributed by atoms with Gasteiger partial charge in [0.05, 0.1) is 5.39 Å². The second kappa shape index (κ2) is 8.88. The number of rotatable bonds is 5. The van der Waals surface area contributed by atoms with E-state index in [9.17, 15) is 9.59 Å². The highest BCUT2D eigenvalue weighted by molar-refractivity contribution is 6.04. The second-order valence-electron chi connectivity index (χ2n) is 8.09. The highest BCUT2D eigenvalue weighted by Gasteiger charge is 2.21. The van der Waals surface area contributed by atoms with Crippen molar-refractivity contribution in [3.05, 3.63) is 71.5 Å². The Balaban J connectivity index is 1.42. The summed E-state index contributed by atoms with van der Waals surface area (Å²) in [5.74, 6) is 0.179. The zero-order valence-electron chi connectivity index (χ0n) is 18.1. The van der Waals surface area contributed by atoms with Crippen LogP contribution in [0.3, 0.4) is 0 Å². The van der Waals surface area contributed by atoms with Gasteiger partial charge in [-0.2, -0.15) is 0 Å². The quantitative estimate of drug-likeness (QED) is 0.509. The van der Waals surface area contributed by atoms with E-state index in [2.05, 4.69) is 34.9 Å². The molecule has 0 radical (unpaired) electrons. The smallest absolute Gasteiger partial charge is 0.246 e. The van der Waals surface area contributed by atoms with Crippen LogP contribution in [0.1, 0.15) is 35.5 Å². The van der Waals surface area contributed by atoms with Gasteiger partial charge in [0.25, 0.3) is 0 Å². The molecular weight excluding hydrogens is 390 g/mol. The molecule has 4 rings (SSSR count). The van der Waals surface area contributed by atoms with Crippen LogP contribution in [0.2, 0.25) is 0 Å². The molecule has 2 heterocycles. The molecule has 160 valence electrons.